The molecule has 4 aromatic rings. The summed E-state index contributed by atoms with van der Waals surface area (Å²) in [5.74, 6) is 2.71. The van der Waals surface area contributed by atoms with Crippen LogP contribution < -0.4 is 14.8 Å². The van der Waals surface area contributed by atoms with Crippen LogP contribution in [0.15, 0.2) is 48.5 Å². The van der Waals surface area contributed by atoms with Crippen molar-refractivity contribution in [2.24, 2.45) is 0 Å². The van der Waals surface area contributed by atoms with Gasteiger partial charge in [-0.1, -0.05) is 47.5 Å². The van der Waals surface area contributed by atoms with Crippen molar-refractivity contribution in [2.75, 3.05) is 0 Å². The molecule has 204 valence electrons. The van der Waals surface area contributed by atoms with Gasteiger partial charge >= 0.3 is 0 Å². The predicted molar refractivity (Wildman–Crippen MR) is 158 cm³/mol. The topological polar surface area (TPSA) is 71.0 Å². The molecule has 39 heavy (non-hydrogen) atoms. The molecule has 0 aromatic heterocycles. The molecule has 0 bridgehead atoms. The summed E-state index contributed by atoms with van der Waals surface area (Å²) in [6.45, 7) is 17.0. The Morgan fingerprint density at radius 1 is 0.487 bits per heavy atom. The van der Waals surface area contributed by atoms with E-state index < -0.39 is 0 Å². The van der Waals surface area contributed by atoms with Crippen LogP contribution in [0.5, 0.6) is 34.5 Å². The highest BCUT2D eigenvalue weighted by atomic mass is 16.5. The molecule has 5 heteroatoms. The molecule has 0 aliphatic rings. The van der Waals surface area contributed by atoms with Crippen molar-refractivity contribution in [3.8, 4) is 34.5 Å². The van der Waals surface area contributed by atoms with E-state index in [-0.39, 0.29) is 11.5 Å². The number of nitrogens with one attached hydrogen (secondary N) is 1. The Kier molecular flexibility index (Phi) is 8.22. The molecule has 0 fully saturated rings. The molecule has 0 heterocycles. The van der Waals surface area contributed by atoms with Crippen molar-refractivity contribution >= 4 is 0 Å². The van der Waals surface area contributed by atoms with Crippen LogP contribution in [0.1, 0.15) is 55.6 Å². The average molecular weight is 526 g/mol. The zero-order valence-electron chi connectivity index (χ0n) is 24.2. The van der Waals surface area contributed by atoms with Gasteiger partial charge in [0.15, 0.2) is 23.0 Å². The summed E-state index contributed by atoms with van der Waals surface area (Å²) in [6, 6.07) is 16.0. The van der Waals surface area contributed by atoms with E-state index in [1.807, 2.05) is 65.8 Å². The SMILES string of the molecule is Cc1cc(C)c(Oc2cc(C)cc(C)c2O)c(CNCc2cc(C)cc(C)c2Oc2cc(C)cc(C)c2O)c1. The normalized spacial score (nSPS) is 11.1. The monoisotopic (exact) mass is 525 g/mol. The molecule has 0 saturated heterocycles. The maximum Gasteiger partial charge on any atom is 0.169 e. The largest absolute Gasteiger partial charge is 0.504 e. The van der Waals surface area contributed by atoms with Gasteiger partial charge in [0.2, 0.25) is 0 Å². The van der Waals surface area contributed by atoms with E-state index in [0.29, 0.717) is 24.6 Å². The lowest BCUT2D eigenvalue weighted by molar-refractivity contribution is 0.401. The van der Waals surface area contributed by atoms with E-state index in [4.69, 9.17) is 9.47 Å². The summed E-state index contributed by atoms with van der Waals surface area (Å²) < 4.78 is 12.6. The van der Waals surface area contributed by atoms with Crippen LogP contribution in [0, 0.1) is 55.4 Å². The molecular formula is C34H39NO4. The Hall–Kier alpha value is -3.96. The molecule has 4 rings (SSSR count). The van der Waals surface area contributed by atoms with Gasteiger partial charge < -0.3 is 25.0 Å². The molecule has 0 radical (unpaired) electrons. The van der Waals surface area contributed by atoms with Crippen LogP contribution in [-0.2, 0) is 13.1 Å². The van der Waals surface area contributed by atoms with Gasteiger partial charge in [-0.3, -0.25) is 0 Å². The Morgan fingerprint density at radius 2 is 0.821 bits per heavy atom. The van der Waals surface area contributed by atoms with Gasteiger partial charge in [0.1, 0.15) is 11.5 Å². The van der Waals surface area contributed by atoms with Crippen LogP contribution in [-0.4, -0.2) is 10.2 Å². The second kappa shape index (κ2) is 11.4. The fraction of sp³-hybridized carbons (Fsp3) is 0.294. The highest BCUT2D eigenvalue weighted by molar-refractivity contribution is 5.54. The van der Waals surface area contributed by atoms with Crippen LogP contribution >= 0.6 is 0 Å². The molecule has 0 aliphatic heterocycles. The maximum absolute atomic E-state index is 10.6. The van der Waals surface area contributed by atoms with Crippen LogP contribution in [0.2, 0.25) is 0 Å². The smallest absolute Gasteiger partial charge is 0.169 e. The summed E-state index contributed by atoms with van der Waals surface area (Å²) >= 11 is 0. The zero-order chi connectivity index (χ0) is 28.4. The van der Waals surface area contributed by atoms with Gasteiger partial charge in [-0.25, -0.2) is 0 Å². The van der Waals surface area contributed by atoms with E-state index in [1.165, 1.54) is 0 Å². The number of benzene rings is 4. The van der Waals surface area contributed by atoms with Crippen LogP contribution in [0.25, 0.3) is 0 Å². The van der Waals surface area contributed by atoms with Crippen molar-refractivity contribution in [3.63, 3.8) is 0 Å². The molecule has 0 spiro atoms. The van der Waals surface area contributed by atoms with E-state index >= 15 is 0 Å². The summed E-state index contributed by atoms with van der Waals surface area (Å²) in [5.41, 5.74) is 9.93. The minimum atomic E-state index is 0.158. The van der Waals surface area contributed by atoms with Crippen molar-refractivity contribution in [2.45, 2.75) is 68.5 Å². The summed E-state index contributed by atoms with van der Waals surface area (Å²) in [6.07, 6.45) is 0. The first-order chi connectivity index (χ1) is 18.4. The Morgan fingerprint density at radius 3 is 1.21 bits per heavy atom. The number of aryl methyl sites for hydroxylation is 8. The van der Waals surface area contributed by atoms with E-state index in [1.54, 1.807) is 0 Å². The molecule has 0 unspecified atom stereocenters. The van der Waals surface area contributed by atoms with Gasteiger partial charge in [0.05, 0.1) is 0 Å². The number of ether oxygens (including phenoxy) is 2. The lowest BCUT2D eigenvalue weighted by Crippen LogP contribution is -2.15. The molecule has 4 aromatic carbocycles. The molecule has 0 aliphatic carbocycles. The number of hydrogen-bond donors (Lipinski definition) is 3. The first kappa shape index (κ1) is 28.1. The molecular weight excluding hydrogens is 486 g/mol. The Balaban J connectivity index is 1.61. The number of phenols is 2. The standard InChI is InChI=1S/C34H39NO4/c1-19-11-25(7)33(38-29-15-21(3)9-23(5)31(29)36)27(13-19)17-35-18-28-14-20(2)12-26(8)34(28)39-30-16-22(4)10-24(6)32(30)37/h9-16,35-37H,17-18H2,1-8H3. The van der Waals surface area contributed by atoms with E-state index in [0.717, 1.165) is 67.1 Å². The molecule has 5 nitrogen and oxygen atoms in total. The number of rotatable bonds is 8. The molecule has 3 N–H and O–H groups in total. The van der Waals surface area contributed by atoms with E-state index in [9.17, 15) is 10.2 Å². The minimum absolute atomic E-state index is 0.158. The lowest BCUT2D eigenvalue weighted by atomic mass is 10.0. The van der Waals surface area contributed by atoms with Crippen molar-refractivity contribution in [1.82, 2.24) is 5.32 Å². The maximum atomic E-state index is 10.6. The third kappa shape index (κ3) is 6.37. The van der Waals surface area contributed by atoms with Gasteiger partial charge in [0, 0.05) is 24.2 Å². The zero-order valence-corrected chi connectivity index (χ0v) is 24.2. The fourth-order valence-electron chi connectivity index (χ4n) is 5.19. The fourth-order valence-corrected chi connectivity index (χ4v) is 5.19. The third-order valence-corrected chi connectivity index (χ3v) is 6.87. The van der Waals surface area contributed by atoms with Crippen LogP contribution in [0.4, 0.5) is 0 Å². The molecule has 0 amide bonds. The van der Waals surface area contributed by atoms with E-state index in [2.05, 4.69) is 43.4 Å². The second-order valence-corrected chi connectivity index (χ2v) is 10.8. The highest BCUT2D eigenvalue weighted by Crippen LogP contribution is 2.39. The Labute approximate surface area is 232 Å². The number of aromatic hydroxyl groups is 2. The number of hydrogen-bond acceptors (Lipinski definition) is 5. The van der Waals surface area contributed by atoms with Gasteiger partial charge in [0.25, 0.3) is 0 Å². The summed E-state index contributed by atoms with van der Waals surface area (Å²) in [7, 11) is 0. The average Bonchev–Trinajstić information content (AvgIpc) is 2.84. The first-order valence-electron chi connectivity index (χ1n) is 13.3. The van der Waals surface area contributed by atoms with Crippen molar-refractivity contribution in [1.29, 1.82) is 0 Å². The van der Waals surface area contributed by atoms with Crippen molar-refractivity contribution in [3.05, 3.63) is 104 Å². The van der Waals surface area contributed by atoms with Gasteiger partial charge in [-0.05, 0) is 101 Å². The predicted octanol–water partition coefficient (Wildman–Crippen LogP) is 8.44. The minimum Gasteiger partial charge on any atom is -0.504 e. The molecule has 0 saturated carbocycles. The van der Waals surface area contributed by atoms with Crippen molar-refractivity contribution < 1.29 is 19.7 Å². The number of phenolic OH excluding ortho intramolecular Hbond substituents is 2. The van der Waals surface area contributed by atoms with Gasteiger partial charge in [-0.15, -0.1) is 0 Å². The quantitative estimate of drug-likeness (QED) is 0.215. The first-order valence-corrected chi connectivity index (χ1v) is 13.3. The lowest BCUT2D eigenvalue weighted by Gasteiger charge is -2.19. The Bertz CT molecular complexity index is 1420. The summed E-state index contributed by atoms with van der Waals surface area (Å²) in [4.78, 5) is 0. The second-order valence-electron chi connectivity index (χ2n) is 10.8. The van der Waals surface area contributed by atoms with Crippen LogP contribution in [0.3, 0.4) is 0 Å². The third-order valence-electron chi connectivity index (χ3n) is 6.87. The summed E-state index contributed by atoms with van der Waals surface area (Å²) in [5, 5.41) is 24.8. The molecule has 0 atom stereocenters. The highest BCUT2D eigenvalue weighted by Gasteiger charge is 2.16. The van der Waals surface area contributed by atoms with Gasteiger partial charge in [-0.2, -0.15) is 0 Å².